The largest absolute Gasteiger partial charge is 0.497 e. The molecule has 2 heteroatoms. The van der Waals surface area contributed by atoms with E-state index >= 15 is 0 Å². The van der Waals surface area contributed by atoms with Crippen LogP contribution in [-0.4, -0.2) is 14.2 Å². The molecule has 94 valence electrons. The van der Waals surface area contributed by atoms with E-state index in [0.717, 1.165) is 23.5 Å². The van der Waals surface area contributed by atoms with Crippen molar-refractivity contribution < 1.29 is 9.47 Å². The Morgan fingerprint density at radius 3 is 2.59 bits per heavy atom. The van der Waals surface area contributed by atoms with E-state index in [0.29, 0.717) is 0 Å². The van der Waals surface area contributed by atoms with E-state index in [1.54, 1.807) is 14.2 Å². The van der Waals surface area contributed by atoms with E-state index in [9.17, 15) is 0 Å². The molecule has 0 N–H and O–H groups in total. The summed E-state index contributed by atoms with van der Waals surface area (Å²) < 4.78 is 10.5. The molecule has 1 rings (SSSR count). The Labute approximate surface area is 104 Å². The highest BCUT2D eigenvalue weighted by atomic mass is 16.5. The van der Waals surface area contributed by atoms with Gasteiger partial charge in [0.2, 0.25) is 0 Å². The first-order valence-corrected chi connectivity index (χ1v) is 6.20. The van der Waals surface area contributed by atoms with Gasteiger partial charge in [-0.3, -0.25) is 0 Å². The minimum atomic E-state index is 0.860. The molecule has 0 aliphatic carbocycles. The highest BCUT2D eigenvalue weighted by Gasteiger charge is 2.01. The fourth-order valence-corrected chi connectivity index (χ4v) is 1.69. The van der Waals surface area contributed by atoms with Gasteiger partial charge in [-0.2, -0.15) is 0 Å². The smallest absolute Gasteiger partial charge is 0.126 e. The standard InChI is InChI=1S/C15H22O2/c1-4-5-6-7-8-9-13-12-14(16-2)10-11-15(13)17-3/h8-12H,4-7H2,1-3H3/b9-8+. The minimum absolute atomic E-state index is 0.860. The van der Waals surface area contributed by atoms with Gasteiger partial charge < -0.3 is 9.47 Å². The summed E-state index contributed by atoms with van der Waals surface area (Å²) in [5.41, 5.74) is 1.07. The van der Waals surface area contributed by atoms with Gasteiger partial charge in [0.1, 0.15) is 11.5 Å². The zero-order valence-electron chi connectivity index (χ0n) is 11.0. The van der Waals surface area contributed by atoms with Gasteiger partial charge >= 0.3 is 0 Å². The van der Waals surface area contributed by atoms with Crippen molar-refractivity contribution in [2.75, 3.05) is 14.2 Å². The molecule has 0 fully saturated rings. The van der Waals surface area contributed by atoms with E-state index in [-0.39, 0.29) is 0 Å². The van der Waals surface area contributed by atoms with Crippen LogP contribution >= 0.6 is 0 Å². The second-order valence-electron chi connectivity index (χ2n) is 4.01. The van der Waals surface area contributed by atoms with Crippen LogP contribution in [0, 0.1) is 0 Å². The Morgan fingerprint density at radius 1 is 1.12 bits per heavy atom. The van der Waals surface area contributed by atoms with Gasteiger partial charge in [0.25, 0.3) is 0 Å². The molecular weight excluding hydrogens is 212 g/mol. The lowest BCUT2D eigenvalue weighted by Crippen LogP contribution is -1.89. The average Bonchev–Trinajstić information content (AvgIpc) is 2.38. The number of ether oxygens (including phenoxy) is 2. The third-order valence-electron chi connectivity index (χ3n) is 2.71. The van der Waals surface area contributed by atoms with Crippen molar-refractivity contribution in [3.63, 3.8) is 0 Å². The Hall–Kier alpha value is -1.44. The number of allylic oxidation sites excluding steroid dienone is 1. The Bertz CT molecular complexity index is 356. The second-order valence-corrected chi connectivity index (χ2v) is 4.01. The number of hydrogen-bond acceptors (Lipinski definition) is 2. The fourth-order valence-electron chi connectivity index (χ4n) is 1.69. The number of methoxy groups -OCH3 is 2. The first-order chi connectivity index (χ1) is 8.31. The van der Waals surface area contributed by atoms with Gasteiger partial charge in [0, 0.05) is 5.56 Å². The van der Waals surface area contributed by atoms with Crippen LogP contribution in [0.1, 0.15) is 38.2 Å². The lowest BCUT2D eigenvalue weighted by molar-refractivity contribution is 0.402. The van der Waals surface area contributed by atoms with Crippen molar-refractivity contribution in [2.24, 2.45) is 0 Å². The van der Waals surface area contributed by atoms with Crippen molar-refractivity contribution in [1.29, 1.82) is 0 Å². The molecule has 0 bridgehead atoms. The van der Waals surface area contributed by atoms with Gasteiger partial charge in [-0.25, -0.2) is 0 Å². The average molecular weight is 234 g/mol. The van der Waals surface area contributed by atoms with Crippen LogP contribution < -0.4 is 9.47 Å². The summed E-state index contributed by atoms with van der Waals surface area (Å²) >= 11 is 0. The quantitative estimate of drug-likeness (QED) is 0.655. The summed E-state index contributed by atoms with van der Waals surface area (Å²) in [6.45, 7) is 2.22. The van der Waals surface area contributed by atoms with Crippen LogP contribution in [0.2, 0.25) is 0 Å². The number of rotatable bonds is 7. The molecule has 0 aliphatic rings. The van der Waals surface area contributed by atoms with Gasteiger partial charge in [-0.15, -0.1) is 0 Å². The highest BCUT2D eigenvalue weighted by molar-refractivity contribution is 5.59. The van der Waals surface area contributed by atoms with Gasteiger partial charge in [-0.05, 0) is 31.0 Å². The van der Waals surface area contributed by atoms with Crippen molar-refractivity contribution in [3.05, 3.63) is 29.8 Å². The first-order valence-electron chi connectivity index (χ1n) is 6.20. The van der Waals surface area contributed by atoms with E-state index in [4.69, 9.17) is 9.47 Å². The van der Waals surface area contributed by atoms with E-state index in [1.165, 1.54) is 19.3 Å². The molecule has 0 aromatic heterocycles. The molecule has 0 unspecified atom stereocenters. The van der Waals surface area contributed by atoms with Crippen LogP contribution in [0.3, 0.4) is 0 Å². The zero-order valence-corrected chi connectivity index (χ0v) is 11.0. The van der Waals surface area contributed by atoms with Crippen LogP contribution in [0.4, 0.5) is 0 Å². The monoisotopic (exact) mass is 234 g/mol. The molecule has 0 saturated carbocycles. The lowest BCUT2D eigenvalue weighted by Gasteiger charge is -2.07. The SMILES string of the molecule is CCCCC/C=C/c1cc(OC)ccc1OC. The summed E-state index contributed by atoms with van der Waals surface area (Å²) in [4.78, 5) is 0. The lowest BCUT2D eigenvalue weighted by atomic mass is 10.1. The summed E-state index contributed by atoms with van der Waals surface area (Å²) in [5, 5.41) is 0. The number of benzene rings is 1. The number of hydrogen-bond donors (Lipinski definition) is 0. The van der Waals surface area contributed by atoms with E-state index < -0.39 is 0 Å². The van der Waals surface area contributed by atoms with Crippen molar-refractivity contribution >= 4 is 6.08 Å². The van der Waals surface area contributed by atoms with E-state index in [1.807, 2.05) is 18.2 Å². The first kappa shape index (κ1) is 13.6. The molecule has 1 aromatic rings. The van der Waals surface area contributed by atoms with E-state index in [2.05, 4.69) is 19.1 Å². The molecular formula is C15H22O2. The zero-order chi connectivity index (χ0) is 12.5. The summed E-state index contributed by atoms with van der Waals surface area (Å²) in [5.74, 6) is 1.75. The molecule has 0 saturated heterocycles. The van der Waals surface area contributed by atoms with Crippen LogP contribution in [0.15, 0.2) is 24.3 Å². The van der Waals surface area contributed by atoms with Crippen LogP contribution in [0.5, 0.6) is 11.5 Å². The van der Waals surface area contributed by atoms with Crippen LogP contribution in [0.25, 0.3) is 6.08 Å². The Kier molecular flexibility index (Phi) is 6.23. The predicted octanol–water partition coefficient (Wildman–Crippen LogP) is 4.30. The van der Waals surface area contributed by atoms with Gasteiger partial charge in [0.15, 0.2) is 0 Å². The van der Waals surface area contributed by atoms with Crippen molar-refractivity contribution in [3.8, 4) is 11.5 Å². The molecule has 0 amide bonds. The van der Waals surface area contributed by atoms with Gasteiger partial charge in [-0.1, -0.05) is 31.9 Å². The summed E-state index contributed by atoms with van der Waals surface area (Å²) in [7, 11) is 3.37. The maximum absolute atomic E-state index is 5.32. The second kappa shape index (κ2) is 7.77. The van der Waals surface area contributed by atoms with Crippen LogP contribution in [-0.2, 0) is 0 Å². The normalized spacial score (nSPS) is 10.8. The molecule has 0 atom stereocenters. The molecule has 0 radical (unpaired) electrons. The van der Waals surface area contributed by atoms with Crippen molar-refractivity contribution in [2.45, 2.75) is 32.6 Å². The Balaban J connectivity index is 2.66. The van der Waals surface area contributed by atoms with Crippen molar-refractivity contribution in [1.82, 2.24) is 0 Å². The maximum Gasteiger partial charge on any atom is 0.126 e. The Morgan fingerprint density at radius 2 is 1.94 bits per heavy atom. The minimum Gasteiger partial charge on any atom is -0.497 e. The topological polar surface area (TPSA) is 18.5 Å². The molecule has 1 aromatic carbocycles. The predicted molar refractivity (Wildman–Crippen MR) is 72.7 cm³/mol. The maximum atomic E-state index is 5.32. The molecule has 0 spiro atoms. The van der Waals surface area contributed by atoms with Gasteiger partial charge in [0.05, 0.1) is 14.2 Å². The molecule has 2 nitrogen and oxygen atoms in total. The summed E-state index contributed by atoms with van der Waals surface area (Å²) in [6.07, 6.45) is 9.23. The third kappa shape index (κ3) is 4.51. The number of unbranched alkanes of at least 4 members (excludes halogenated alkanes) is 3. The summed E-state index contributed by atoms with van der Waals surface area (Å²) in [6, 6.07) is 5.84. The third-order valence-corrected chi connectivity index (χ3v) is 2.71. The fraction of sp³-hybridized carbons (Fsp3) is 0.467. The molecule has 17 heavy (non-hydrogen) atoms. The molecule has 0 aliphatic heterocycles. The molecule has 0 heterocycles. The highest BCUT2D eigenvalue weighted by Crippen LogP contribution is 2.25.